The average molecular weight is 265 g/mol. The Bertz CT molecular complexity index is 583. The molecule has 0 atom stereocenters. The summed E-state index contributed by atoms with van der Waals surface area (Å²) in [7, 11) is 1.31. The maximum absolute atomic E-state index is 11.6. The smallest absolute Gasteiger partial charge is 0.339 e. The van der Waals surface area contributed by atoms with Gasteiger partial charge in [0.25, 0.3) is 5.22 Å². The number of methoxy groups -OCH3 is 1. The van der Waals surface area contributed by atoms with Crippen LogP contribution in [0.15, 0.2) is 33.1 Å². The largest absolute Gasteiger partial charge is 0.465 e. The number of hydrogen-bond acceptors (Lipinski definition) is 7. The maximum Gasteiger partial charge on any atom is 0.339 e. The highest BCUT2D eigenvalue weighted by Crippen LogP contribution is 2.30. The third-order valence-electron chi connectivity index (χ3n) is 2.09. The summed E-state index contributed by atoms with van der Waals surface area (Å²) in [5, 5.41) is 0.434. The van der Waals surface area contributed by atoms with Crippen molar-refractivity contribution in [3.05, 3.63) is 29.8 Å². The SMILES string of the molecule is COC(=O)c1cc(N)ncc1Sc1nc(C)co1. The molecular formula is C11H11N3O3S. The molecule has 18 heavy (non-hydrogen) atoms. The van der Waals surface area contributed by atoms with Crippen LogP contribution in [0.4, 0.5) is 5.82 Å². The minimum absolute atomic E-state index is 0.253. The Morgan fingerprint density at radius 3 is 2.94 bits per heavy atom. The number of carbonyl (C=O) groups excluding carboxylic acids is 1. The Morgan fingerprint density at radius 1 is 1.56 bits per heavy atom. The van der Waals surface area contributed by atoms with Gasteiger partial charge in [-0.15, -0.1) is 0 Å². The molecule has 0 saturated heterocycles. The van der Waals surface area contributed by atoms with Gasteiger partial charge in [-0.2, -0.15) is 0 Å². The van der Waals surface area contributed by atoms with Gasteiger partial charge < -0.3 is 14.9 Å². The zero-order valence-electron chi connectivity index (χ0n) is 9.84. The van der Waals surface area contributed by atoms with Crippen LogP contribution >= 0.6 is 11.8 Å². The van der Waals surface area contributed by atoms with Crippen LogP contribution in [0, 0.1) is 6.92 Å². The fraction of sp³-hybridized carbons (Fsp3) is 0.182. The van der Waals surface area contributed by atoms with Crippen LogP contribution in [-0.4, -0.2) is 23.0 Å². The van der Waals surface area contributed by atoms with Gasteiger partial charge in [-0.1, -0.05) is 0 Å². The summed E-state index contributed by atoms with van der Waals surface area (Å²) in [6.45, 7) is 1.82. The highest BCUT2D eigenvalue weighted by Gasteiger charge is 2.16. The van der Waals surface area contributed by atoms with Crippen molar-refractivity contribution in [2.45, 2.75) is 17.0 Å². The summed E-state index contributed by atoms with van der Waals surface area (Å²) in [6.07, 6.45) is 3.02. The third kappa shape index (κ3) is 2.62. The minimum Gasteiger partial charge on any atom is -0.465 e. The lowest BCUT2D eigenvalue weighted by atomic mass is 10.2. The van der Waals surface area contributed by atoms with Crippen LogP contribution in [0.2, 0.25) is 0 Å². The number of ether oxygens (including phenoxy) is 1. The van der Waals surface area contributed by atoms with Gasteiger partial charge in [0.2, 0.25) is 0 Å². The van der Waals surface area contributed by atoms with E-state index in [1.807, 2.05) is 6.92 Å². The predicted molar refractivity (Wildman–Crippen MR) is 65.4 cm³/mol. The molecule has 2 aromatic heterocycles. The lowest BCUT2D eigenvalue weighted by Gasteiger charge is -2.05. The molecule has 0 fully saturated rings. The van der Waals surface area contributed by atoms with Crippen molar-refractivity contribution >= 4 is 23.5 Å². The normalized spacial score (nSPS) is 10.3. The number of nitrogens with two attached hydrogens (primary N) is 1. The number of aryl methyl sites for hydroxylation is 1. The average Bonchev–Trinajstić information content (AvgIpc) is 2.76. The summed E-state index contributed by atoms with van der Waals surface area (Å²) in [4.78, 5) is 20.3. The zero-order valence-corrected chi connectivity index (χ0v) is 10.7. The van der Waals surface area contributed by atoms with Crippen molar-refractivity contribution < 1.29 is 13.9 Å². The lowest BCUT2D eigenvalue weighted by Crippen LogP contribution is -2.05. The van der Waals surface area contributed by atoms with Gasteiger partial charge >= 0.3 is 5.97 Å². The molecule has 6 nitrogen and oxygen atoms in total. The van der Waals surface area contributed by atoms with E-state index < -0.39 is 5.97 Å². The molecule has 0 radical (unpaired) electrons. The van der Waals surface area contributed by atoms with Gasteiger partial charge in [-0.25, -0.2) is 14.8 Å². The quantitative estimate of drug-likeness (QED) is 0.847. The Labute approximate surface area is 108 Å². The molecule has 0 aromatic carbocycles. The topological polar surface area (TPSA) is 91.2 Å². The lowest BCUT2D eigenvalue weighted by molar-refractivity contribution is 0.0596. The second-order valence-corrected chi connectivity index (χ2v) is 4.45. The minimum atomic E-state index is -0.477. The molecule has 2 N–H and O–H groups in total. The number of esters is 1. The number of pyridine rings is 1. The van der Waals surface area contributed by atoms with Crippen LogP contribution in [0.3, 0.4) is 0 Å². The third-order valence-corrected chi connectivity index (χ3v) is 3.00. The molecule has 94 valence electrons. The number of carbonyl (C=O) groups is 1. The zero-order chi connectivity index (χ0) is 13.1. The molecule has 2 aromatic rings. The molecule has 0 saturated carbocycles. The second kappa shape index (κ2) is 5.09. The standard InChI is InChI=1S/C11H11N3O3S/c1-6-5-17-11(14-6)18-8-4-13-9(12)3-7(8)10(15)16-2/h3-5H,1-2H3,(H2,12,13). The molecule has 7 heteroatoms. The van der Waals surface area contributed by atoms with E-state index in [1.54, 1.807) is 0 Å². The molecule has 0 bridgehead atoms. The van der Waals surface area contributed by atoms with Gasteiger partial charge in [-0.05, 0) is 24.8 Å². The van der Waals surface area contributed by atoms with Crippen molar-refractivity contribution in [1.82, 2.24) is 9.97 Å². The fourth-order valence-electron chi connectivity index (χ4n) is 1.28. The number of nitrogens with zero attached hydrogens (tertiary/aromatic N) is 2. The predicted octanol–water partition coefficient (Wildman–Crippen LogP) is 1.90. The summed E-state index contributed by atoms with van der Waals surface area (Å²) in [5.41, 5.74) is 6.65. The number of oxazole rings is 1. The van der Waals surface area contributed by atoms with Crippen molar-refractivity contribution in [3.63, 3.8) is 0 Å². The first-order chi connectivity index (χ1) is 8.60. The summed E-state index contributed by atoms with van der Waals surface area (Å²) in [6, 6.07) is 1.46. The molecule has 0 aliphatic rings. The number of hydrogen-bond donors (Lipinski definition) is 1. The highest BCUT2D eigenvalue weighted by molar-refractivity contribution is 7.99. The van der Waals surface area contributed by atoms with E-state index in [0.717, 1.165) is 5.69 Å². The fourth-order valence-corrected chi connectivity index (χ4v) is 2.11. The first-order valence-corrected chi connectivity index (χ1v) is 5.85. The summed E-state index contributed by atoms with van der Waals surface area (Å²) >= 11 is 1.19. The summed E-state index contributed by atoms with van der Waals surface area (Å²) < 4.78 is 9.90. The Hall–Kier alpha value is -2.02. The van der Waals surface area contributed by atoms with Gasteiger partial charge in [0.05, 0.1) is 18.4 Å². The summed E-state index contributed by atoms with van der Waals surface area (Å²) in [5.74, 6) is -0.224. The second-order valence-electron chi connectivity index (χ2n) is 3.45. The van der Waals surface area contributed by atoms with Gasteiger partial charge in [0.15, 0.2) is 0 Å². The Balaban J connectivity index is 2.35. The molecule has 0 amide bonds. The highest BCUT2D eigenvalue weighted by atomic mass is 32.2. The molecule has 0 unspecified atom stereocenters. The van der Waals surface area contributed by atoms with E-state index in [1.165, 1.54) is 37.4 Å². The van der Waals surface area contributed by atoms with E-state index in [-0.39, 0.29) is 5.82 Å². The van der Waals surface area contributed by atoms with Gasteiger partial charge in [-0.3, -0.25) is 0 Å². The first kappa shape index (κ1) is 12.4. The Morgan fingerprint density at radius 2 is 2.33 bits per heavy atom. The molecule has 2 heterocycles. The Kier molecular flexibility index (Phi) is 3.52. The van der Waals surface area contributed by atoms with Crippen LogP contribution in [0.25, 0.3) is 0 Å². The number of anilines is 1. The van der Waals surface area contributed by atoms with Crippen molar-refractivity contribution in [1.29, 1.82) is 0 Å². The number of nitrogen functional groups attached to an aromatic ring is 1. The monoisotopic (exact) mass is 265 g/mol. The van der Waals surface area contributed by atoms with Gasteiger partial charge in [0, 0.05) is 11.1 Å². The van der Waals surface area contributed by atoms with Crippen molar-refractivity contribution in [2.75, 3.05) is 12.8 Å². The molecule has 0 spiro atoms. The van der Waals surface area contributed by atoms with Crippen LogP contribution in [0.1, 0.15) is 16.1 Å². The molecule has 0 aliphatic carbocycles. The van der Waals surface area contributed by atoms with Crippen LogP contribution < -0.4 is 5.73 Å². The van der Waals surface area contributed by atoms with E-state index in [0.29, 0.717) is 15.7 Å². The first-order valence-electron chi connectivity index (χ1n) is 5.04. The van der Waals surface area contributed by atoms with E-state index >= 15 is 0 Å². The number of aromatic nitrogens is 2. The van der Waals surface area contributed by atoms with E-state index in [4.69, 9.17) is 10.2 Å². The van der Waals surface area contributed by atoms with Crippen LogP contribution in [0.5, 0.6) is 0 Å². The van der Waals surface area contributed by atoms with E-state index in [2.05, 4.69) is 14.7 Å². The van der Waals surface area contributed by atoms with Crippen LogP contribution in [-0.2, 0) is 4.74 Å². The molecule has 2 rings (SSSR count). The number of rotatable bonds is 3. The van der Waals surface area contributed by atoms with Gasteiger partial charge in [0.1, 0.15) is 12.1 Å². The van der Waals surface area contributed by atoms with Crippen molar-refractivity contribution in [2.24, 2.45) is 0 Å². The van der Waals surface area contributed by atoms with Crippen molar-refractivity contribution in [3.8, 4) is 0 Å². The van der Waals surface area contributed by atoms with E-state index in [9.17, 15) is 4.79 Å². The molecular weight excluding hydrogens is 254 g/mol. The molecule has 0 aliphatic heterocycles. The maximum atomic E-state index is 11.6.